The van der Waals surface area contributed by atoms with E-state index < -0.39 is 38.6 Å². The SMILES string of the molecule is COc1cc2c(-c3ccc(CS(N)(=O)=O)c(C(F)(F)F)c3)n[nH]c(=O)c2cc1OC. The van der Waals surface area contributed by atoms with Gasteiger partial charge in [0.05, 0.1) is 36.6 Å². The number of aromatic nitrogens is 2. The van der Waals surface area contributed by atoms with Gasteiger partial charge < -0.3 is 9.47 Å². The molecule has 3 rings (SSSR count). The fourth-order valence-electron chi connectivity index (χ4n) is 3.04. The zero-order chi connectivity index (χ0) is 22.3. The second-order valence-corrected chi connectivity index (χ2v) is 7.95. The molecular weight excluding hydrogens is 427 g/mol. The molecule has 3 N–H and O–H groups in total. The van der Waals surface area contributed by atoms with Crippen LogP contribution in [0.1, 0.15) is 11.1 Å². The number of hydrogen-bond acceptors (Lipinski definition) is 6. The van der Waals surface area contributed by atoms with Crippen molar-refractivity contribution >= 4 is 20.8 Å². The van der Waals surface area contributed by atoms with Crippen LogP contribution in [-0.4, -0.2) is 32.8 Å². The van der Waals surface area contributed by atoms with E-state index in [0.717, 1.165) is 12.1 Å². The van der Waals surface area contributed by atoms with Crippen molar-refractivity contribution in [2.75, 3.05) is 14.2 Å². The summed E-state index contributed by atoms with van der Waals surface area (Å²) in [7, 11) is -1.44. The molecule has 30 heavy (non-hydrogen) atoms. The van der Waals surface area contributed by atoms with E-state index in [1.807, 2.05) is 0 Å². The Morgan fingerprint density at radius 2 is 1.67 bits per heavy atom. The van der Waals surface area contributed by atoms with Crippen LogP contribution >= 0.6 is 0 Å². The van der Waals surface area contributed by atoms with Crippen molar-refractivity contribution in [2.24, 2.45) is 5.14 Å². The summed E-state index contributed by atoms with van der Waals surface area (Å²) in [6.45, 7) is 0. The second-order valence-electron chi connectivity index (χ2n) is 6.33. The monoisotopic (exact) mass is 443 g/mol. The lowest BCUT2D eigenvalue weighted by molar-refractivity contribution is -0.138. The summed E-state index contributed by atoms with van der Waals surface area (Å²) in [6.07, 6.45) is -4.84. The minimum Gasteiger partial charge on any atom is -0.493 e. The lowest BCUT2D eigenvalue weighted by Crippen LogP contribution is -2.18. The van der Waals surface area contributed by atoms with Gasteiger partial charge in [0.15, 0.2) is 11.5 Å². The van der Waals surface area contributed by atoms with Gasteiger partial charge in [-0.3, -0.25) is 4.79 Å². The van der Waals surface area contributed by atoms with Gasteiger partial charge in [0.1, 0.15) is 0 Å². The van der Waals surface area contributed by atoms with Crippen molar-refractivity contribution < 1.29 is 31.1 Å². The van der Waals surface area contributed by atoms with Gasteiger partial charge in [0.25, 0.3) is 5.56 Å². The molecule has 1 heterocycles. The molecule has 3 aromatic rings. The molecule has 0 spiro atoms. The third kappa shape index (κ3) is 4.24. The number of fused-ring (bicyclic) bond motifs is 1. The number of nitrogens with two attached hydrogens (primary N) is 1. The van der Waals surface area contributed by atoms with Crippen molar-refractivity contribution in [3.8, 4) is 22.8 Å². The lowest BCUT2D eigenvalue weighted by Gasteiger charge is -2.15. The number of H-pyrrole nitrogens is 1. The summed E-state index contributed by atoms with van der Waals surface area (Å²) in [5.74, 6) is -0.472. The average molecular weight is 443 g/mol. The normalized spacial score (nSPS) is 12.2. The molecular formula is C18H16F3N3O5S. The average Bonchev–Trinajstić information content (AvgIpc) is 2.66. The van der Waals surface area contributed by atoms with Crippen LogP contribution in [0, 0.1) is 0 Å². The number of hydrogen-bond donors (Lipinski definition) is 2. The van der Waals surface area contributed by atoms with Crippen molar-refractivity contribution in [1.82, 2.24) is 10.2 Å². The molecule has 8 nitrogen and oxygen atoms in total. The topological polar surface area (TPSA) is 124 Å². The molecule has 12 heteroatoms. The van der Waals surface area contributed by atoms with E-state index in [-0.39, 0.29) is 33.5 Å². The zero-order valence-electron chi connectivity index (χ0n) is 15.7. The lowest BCUT2D eigenvalue weighted by atomic mass is 9.99. The maximum atomic E-state index is 13.6. The number of halogens is 3. The highest BCUT2D eigenvalue weighted by atomic mass is 32.2. The van der Waals surface area contributed by atoms with Gasteiger partial charge in [0.2, 0.25) is 10.0 Å². The van der Waals surface area contributed by atoms with E-state index in [4.69, 9.17) is 14.6 Å². The first-order chi connectivity index (χ1) is 13.9. The number of benzene rings is 2. The molecule has 0 aliphatic heterocycles. The van der Waals surface area contributed by atoms with Crippen LogP contribution in [0.2, 0.25) is 0 Å². The number of sulfonamides is 1. The molecule has 0 radical (unpaired) electrons. The molecule has 2 aromatic carbocycles. The van der Waals surface area contributed by atoms with Gasteiger partial charge in [-0.1, -0.05) is 12.1 Å². The number of nitrogens with zero attached hydrogens (tertiary/aromatic N) is 1. The van der Waals surface area contributed by atoms with Crippen molar-refractivity contribution in [1.29, 1.82) is 0 Å². The van der Waals surface area contributed by atoms with Crippen molar-refractivity contribution in [3.63, 3.8) is 0 Å². The number of methoxy groups -OCH3 is 2. The van der Waals surface area contributed by atoms with Gasteiger partial charge >= 0.3 is 6.18 Å². The zero-order valence-corrected chi connectivity index (χ0v) is 16.5. The number of rotatable bonds is 5. The minimum atomic E-state index is -4.84. The molecule has 160 valence electrons. The van der Waals surface area contributed by atoms with Gasteiger partial charge in [-0.05, 0) is 23.8 Å². The van der Waals surface area contributed by atoms with Crippen LogP contribution in [-0.2, 0) is 22.0 Å². The number of alkyl halides is 3. The first kappa shape index (κ1) is 21.6. The van der Waals surface area contributed by atoms with Crippen LogP contribution in [0.15, 0.2) is 35.1 Å². The molecule has 0 aliphatic carbocycles. The Balaban J connectivity index is 2.30. The molecule has 0 atom stereocenters. The van der Waals surface area contributed by atoms with Crippen molar-refractivity contribution in [3.05, 3.63) is 51.8 Å². The predicted molar refractivity (Wildman–Crippen MR) is 103 cm³/mol. The number of ether oxygens (including phenoxy) is 2. The van der Waals surface area contributed by atoms with E-state index in [2.05, 4.69) is 10.2 Å². The molecule has 0 saturated carbocycles. The van der Waals surface area contributed by atoms with Gasteiger partial charge in [0, 0.05) is 10.9 Å². The van der Waals surface area contributed by atoms with Gasteiger partial charge in [-0.2, -0.15) is 18.3 Å². The molecule has 1 aromatic heterocycles. The fourth-order valence-corrected chi connectivity index (χ4v) is 3.73. The summed E-state index contributed by atoms with van der Waals surface area (Å²) >= 11 is 0. The Bertz CT molecular complexity index is 1290. The Morgan fingerprint density at radius 3 is 2.20 bits per heavy atom. The summed E-state index contributed by atoms with van der Waals surface area (Å²) < 4.78 is 73.7. The van der Waals surface area contributed by atoms with E-state index in [0.29, 0.717) is 0 Å². The Kier molecular flexibility index (Phi) is 5.48. The summed E-state index contributed by atoms with van der Waals surface area (Å²) in [6, 6.07) is 5.86. The van der Waals surface area contributed by atoms with E-state index in [9.17, 15) is 26.4 Å². The molecule has 0 aliphatic rings. The summed E-state index contributed by atoms with van der Waals surface area (Å²) in [5, 5.41) is 11.4. The number of aromatic amines is 1. The van der Waals surface area contributed by atoms with Gasteiger partial charge in [-0.25, -0.2) is 18.7 Å². The molecule has 0 saturated heterocycles. The second kappa shape index (κ2) is 7.61. The van der Waals surface area contributed by atoms with Crippen LogP contribution in [0.25, 0.3) is 22.0 Å². The summed E-state index contributed by atoms with van der Waals surface area (Å²) in [5.41, 5.74) is -2.19. The standard InChI is InChI=1S/C18H16F3N3O5S/c1-28-14-6-11-12(7-15(14)29-2)17(25)24-23-16(11)9-3-4-10(8-30(22,26)27)13(5-9)18(19,20)21/h3-7H,8H2,1-2H3,(H,24,25)(H2,22,26,27). The predicted octanol–water partition coefficient (Wildman–Crippen LogP) is 2.41. The maximum absolute atomic E-state index is 13.6. The first-order valence-electron chi connectivity index (χ1n) is 8.30. The van der Waals surface area contributed by atoms with Crippen LogP contribution in [0.4, 0.5) is 13.2 Å². The third-order valence-corrected chi connectivity index (χ3v) is 5.05. The van der Waals surface area contributed by atoms with Crippen molar-refractivity contribution in [2.45, 2.75) is 11.9 Å². The highest BCUT2D eigenvalue weighted by Crippen LogP contribution is 2.38. The van der Waals surface area contributed by atoms with E-state index >= 15 is 0 Å². The molecule has 0 unspecified atom stereocenters. The Hall–Kier alpha value is -3.12. The highest BCUT2D eigenvalue weighted by molar-refractivity contribution is 7.88. The Labute approximate surface area is 168 Å². The Morgan fingerprint density at radius 1 is 1.07 bits per heavy atom. The van der Waals surface area contributed by atoms with Crippen LogP contribution in [0.5, 0.6) is 11.5 Å². The third-order valence-electron chi connectivity index (χ3n) is 4.34. The fraction of sp³-hybridized carbons (Fsp3) is 0.222. The molecule has 0 bridgehead atoms. The van der Waals surface area contributed by atoms with E-state index in [1.165, 1.54) is 32.4 Å². The van der Waals surface area contributed by atoms with E-state index in [1.54, 1.807) is 0 Å². The summed E-state index contributed by atoms with van der Waals surface area (Å²) in [4.78, 5) is 12.2. The van der Waals surface area contributed by atoms with Gasteiger partial charge in [-0.15, -0.1) is 0 Å². The first-order valence-corrected chi connectivity index (χ1v) is 10.0. The molecule has 0 amide bonds. The smallest absolute Gasteiger partial charge is 0.416 e. The quantitative estimate of drug-likeness (QED) is 0.624. The highest BCUT2D eigenvalue weighted by Gasteiger charge is 2.34. The number of primary sulfonamides is 1. The number of nitrogens with one attached hydrogen (secondary N) is 1. The van der Waals surface area contributed by atoms with Crippen LogP contribution < -0.4 is 20.2 Å². The minimum absolute atomic E-state index is 0.00830. The largest absolute Gasteiger partial charge is 0.493 e. The maximum Gasteiger partial charge on any atom is 0.416 e. The van der Waals surface area contributed by atoms with Crippen LogP contribution in [0.3, 0.4) is 0 Å². The molecule has 0 fully saturated rings.